The number of nitrogen functional groups attached to an aromatic ring is 1. The number of rotatable bonds is 3. The Balaban J connectivity index is 1.25. The van der Waals surface area contributed by atoms with Crippen LogP contribution in [0.15, 0.2) is 53.0 Å². The lowest BCUT2D eigenvalue weighted by molar-refractivity contribution is 0.186. The Morgan fingerprint density at radius 2 is 1.94 bits per heavy atom. The number of hydrogen-bond donors (Lipinski definition) is 2. The first-order chi connectivity index (χ1) is 16.1. The highest BCUT2D eigenvalue weighted by Gasteiger charge is 2.46. The van der Waals surface area contributed by atoms with E-state index in [9.17, 15) is 0 Å². The topological polar surface area (TPSA) is 124 Å². The third kappa shape index (κ3) is 3.32. The summed E-state index contributed by atoms with van der Waals surface area (Å²) in [6.45, 7) is 1.74. The number of pyridine rings is 2. The second kappa shape index (κ2) is 7.82. The van der Waals surface area contributed by atoms with Crippen molar-refractivity contribution >= 4 is 40.8 Å². The molecule has 6 rings (SSSR count). The van der Waals surface area contributed by atoms with Gasteiger partial charge in [0.1, 0.15) is 12.1 Å². The Kier molecular flexibility index (Phi) is 4.89. The van der Waals surface area contributed by atoms with Gasteiger partial charge in [-0.05, 0) is 47.9 Å². The van der Waals surface area contributed by atoms with Crippen molar-refractivity contribution in [2.75, 3.05) is 23.7 Å². The van der Waals surface area contributed by atoms with Gasteiger partial charge < -0.3 is 16.4 Å². The summed E-state index contributed by atoms with van der Waals surface area (Å²) in [5, 5.41) is 8.91. The van der Waals surface area contributed by atoms with Crippen molar-refractivity contribution in [3.05, 3.63) is 59.4 Å². The molecule has 1 saturated heterocycles. The monoisotopic (exact) mass is 479 g/mol. The molecular weight excluding hydrogens is 458 g/mol. The molecule has 1 fully saturated rings. The van der Waals surface area contributed by atoms with Crippen LogP contribution in [0.2, 0.25) is 5.02 Å². The maximum absolute atomic E-state index is 6.72. The standard InChI is InChI=1S/C22H22ClN9S/c23-17-15(2-6-27-19(17)25)33-16-11-28-21(32-12-29-30-20(16)32)31-7-3-22(4-8-31)9-13-10-26-5-1-14(13)18(22)24/h1-2,5-6,10-12,18H,3-4,7-9,24H2,(H2,25,27)/t18-/m1/s1. The minimum atomic E-state index is 0.0527. The molecule has 0 unspecified atom stereocenters. The molecule has 1 spiro atoms. The van der Waals surface area contributed by atoms with E-state index in [2.05, 4.69) is 31.1 Å². The normalized spacial score (nSPS) is 19.3. The molecule has 4 aromatic heterocycles. The molecule has 4 aromatic rings. The molecule has 1 atom stereocenters. The van der Waals surface area contributed by atoms with Crippen LogP contribution in [0.5, 0.6) is 0 Å². The van der Waals surface area contributed by atoms with Crippen molar-refractivity contribution in [2.24, 2.45) is 11.1 Å². The zero-order valence-electron chi connectivity index (χ0n) is 17.7. The molecule has 5 heterocycles. The number of piperidine rings is 1. The Morgan fingerprint density at radius 3 is 2.76 bits per heavy atom. The molecule has 1 aliphatic heterocycles. The zero-order chi connectivity index (χ0) is 22.6. The summed E-state index contributed by atoms with van der Waals surface area (Å²) < 4.78 is 1.94. The number of aromatic nitrogens is 6. The third-order valence-corrected chi connectivity index (χ3v) is 8.48. The molecule has 0 saturated carbocycles. The number of nitrogens with zero attached hydrogens (tertiary/aromatic N) is 7. The quantitative estimate of drug-likeness (QED) is 0.455. The second-order valence-electron chi connectivity index (χ2n) is 8.64. The molecule has 9 nitrogen and oxygen atoms in total. The van der Waals surface area contributed by atoms with E-state index in [-0.39, 0.29) is 11.5 Å². The number of nitrogens with two attached hydrogens (primary N) is 2. The first kappa shape index (κ1) is 20.6. The predicted molar refractivity (Wildman–Crippen MR) is 127 cm³/mol. The van der Waals surface area contributed by atoms with E-state index < -0.39 is 0 Å². The summed E-state index contributed by atoms with van der Waals surface area (Å²) in [5.41, 5.74) is 15.9. The second-order valence-corrected chi connectivity index (χ2v) is 10.1. The summed E-state index contributed by atoms with van der Waals surface area (Å²) in [7, 11) is 0. The van der Waals surface area contributed by atoms with Crippen molar-refractivity contribution in [3.8, 4) is 0 Å². The fourth-order valence-electron chi connectivity index (χ4n) is 5.08. The van der Waals surface area contributed by atoms with Gasteiger partial charge in [0.2, 0.25) is 5.95 Å². The molecule has 168 valence electrons. The number of anilines is 2. The number of hydrogen-bond acceptors (Lipinski definition) is 9. The highest BCUT2D eigenvalue weighted by Crippen LogP contribution is 2.50. The molecule has 0 bridgehead atoms. The van der Waals surface area contributed by atoms with Crippen LogP contribution in [0.25, 0.3) is 5.65 Å². The van der Waals surface area contributed by atoms with Crippen LogP contribution < -0.4 is 16.4 Å². The Morgan fingerprint density at radius 1 is 1.09 bits per heavy atom. The average molecular weight is 480 g/mol. The van der Waals surface area contributed by atoms with Crippen LogP contribution in [0.1, 0.15) is 30.0 Å². The maximum Gasteiger partial charge on any atom is 0.212 e. The fraction of sp³-hybridized carbons (Fsp3) is 0.318. The average Bonchev–Trinajstić information content (AvgIpc) is 3.42. The molecule has 1 aliphatic carbocycles. The summed E-state index contributed by atoms with van der Waals surface area (Å²) in [6.07, 6.45) is 12.0. The van der Waals surface area contributed by atoms with Gasteiger partial charge in [-0.2, -0.15) is 0 Å². The highest BCUT2D eigenvalue weighted by molar-refractivity contribution is 7.99. The summed E-state index contributed by atoms with van der Waals surface area (Å²) in [6, 6.07) is 3.95. The molecule has 4 N–H and O–H groups in total. The van der Waals surface area contributed by atoms with Crippen molar-refractivity contribution in [2.45, 2.75) is 35.1 Å². The summed E-state index contributed by atoms with van der Waals surface area (Å²) >= 11 is 7.78. The Labute approximate surface area is 199 Å². The smallest absolute Gasteiger partial charge is 0.212 e. The third-order valence-electron chi connectivity index (χ3n) is 6.90. The van der Waals surface area contributed by atoms with E-state index in [1.165, 1.54) is 22.9 Å². The SMILES string of the molecule is Nc1nccc(Sc2cnc(N3CCC4(CC3)Cc3cnccc3[C@H]4N)n3cnnc23)c1Cl. The van der Waals surface area contributed by atoms with Gasteiger partial charge in [-0.1, -0.05) is 23.4 Å². The van der Waals surface area contributed by atoms with E-state index in [0.29, 0.717) is 10.8 Å². The van der Waals surface area contributed by atoms with Crippen molar-refractivity contribution < 1.29 is 0 Å². The Hall–Kier alpha value is -2.95. The lowest BCUT2D eigenvalue weighted by Crippen LogP contribution is -2.45. The predicted octanol–water partition coefficient (Wildman–Crippen LogP) is 3.14. The lowest BCUT2D eigenvalue weighted by Gasteiger charge is -2.42. The van der Waals surface area contributed by atoms with Crippen LogP contribution in [0.3, 0.4) is 0 Å². The van der Waals surface area contributed by atoms with Crippen LogP contribution >= 0.6 is 23.4 Å². The van der Waals surface area contributed by atoms with Crippen LogP contribution in [-0.4, -0.2) is 42.6 Å². The zero-order valence-corrected chi connectivity index (χ0v) is 19.3. The first-order valence-corrected chi connectivity index (χ1v) is 11.9. The minimum Gasteiger partial charge on any atom is -0.382 e. The molecule has 11 heteroatoms. The van der Waals surface area contributed by atoms with Gasteiger partial charge in [0, 0.05) is 48.8 Å². The van der Waals surface area contributed by atoms with E-state index in [0.717, 1.165) is 53.7 Å². The van der Waals surface area contributed by atoms with E-state index >= 15 is 0 Å². The highest BCUT2D eigenvalue weighted by atomic mass is 35.5. The Bertz CT molecular complexity index is 1350. The van der Waals surface area contributed by atoms with Crippen molar-refractivity contribution in [1.29, 1.82) is 0 Å². The minimum absolute atomic E-state index is 0.0527. The van der Waals surface area contributed by atoms with Crippen LogP contribution in [0, 0.1) is 5.41 Å². The summed E-state index contributed by atoms with van der Waals surface area (Å²) in [4.78, 5) is 17.0. The van der Waals surface area contributed by atoms with Gasteiger partial charge in [0.15, 0.2) is 5.65 Å². The number of halogens is 1. The molecule has 0 amide bonds. The van der Waals surface area contributed by atoms with E-state index in [1.807, 2.05) is 29.1 Å². The maximum atomic E-state index is 6.72. The van der Waals surface area contributed by atoms with Crippen molar-refractivity contribution in [3.63, 3.8) is 0 Å². The van der Waals surface area contributed by atoms with Gasteiger partial charge in [0.25, 0.3) is 0 Å². The molecule has 2 aliphatic rings. The molecule has 33 heavy (non-hydrogen) atoms. The van der Waals surface area contributed by atoms with Gasteiger partial charge in [-0.3, -0.25) is 4.98 Å². The van der Waals surface area contributed by atoms with Gasteiger partial charge in [-0.15, -0.1) is 10.2 Å². The van der Waals surface area contributed by atoms with Crippen LogP contribution in [0.4, 0.5) is 11.8 Å². The molecular formula is C22H22ClN9S. The number of fused-ring (bicyclic) bond motifs is 2. The van der Waals surface area contributed by atoms with E-state index in [1.54, 1.807) is 12.5 Å². The van der Waals surface area contributed by atoms with Crippen molar-refractivity contribution in [1.82, 2.24) is 29.5 Å². The largest absolute Gasteiger partial charge is 0.382 e. The van der Waals surface area contributed by atoms with Crippen LogP contribution in [-0.2, 0) is 6.42 Å². The first-order valence-electron chi connectivity index (χ1n) is 10.8. The van der Waals surface area contributed by atoms with E-state index in [4.69, 9.17) is 28.1 Å². The summed E-state index contributed by atoms with van der Waals surface area (Å²) in [5.74, 6) is 1.13. The van der Waals surface area contributed by atoms with Gasteiger partial charge >= 0.3 is 0 Å². The molecule has 0 aromatic carbocycles. The van der Waals surface area contributed by atoms with Gasteiger partial charge in [0.05, 0.1) is 9.92 Å². The fourth-order valence-corrected chi connectivity index (χ4v) is 6.20. The van der Waals surface area contributed by atoms with Gasteiger partial charge in [-0.25, -0.2) is 14.4 Å². The lowest BCUT2D eigenvalue weighted by atomic mass is 9.73. The molecule has 0 radical (unpaired) electrons.